The molecule has 112 valence electrons. The number of hydrogen-bond acceptors (Lipinski definition) is 3. The summed E-state index contributed by atoms with van der Waals surface area (Å²) in [7, 11) is 0. The van der Waals surface area contributed by atoms with Crippen molar-refractivity contribution >= 4 is 0 Å². The summed E-state index contributed by atoms with van der Waals surface area (Å²) >= 11 is 0. The van der Waals surface area contributed by atoms with Crippen molar-refractivity contribution in [3.05, 3.63) is 17.8 Å². The molecule has 2 fully saturated rings. The first-order chi connectivity index (χ1) is 9.90. The minimum Gasteiger partial charge on any atom is -0.446 e. The fourth-order valence-corrected chi connectivity index (χ4v) is 3.24. The van der Waals surface area contributed by atoms with Gasteiger partial charge < -0.3 is 9.73 Å². The van der Waals surface area contributed by atoms with Crippen LogP contribution in [0, 0.1) is 5.92 Å². The molecule has 2 saturated carbocycles. The first kappa shape index (κ1) is 14.1. The second-order valence-corrected chi connectivity index (χ2v) is 6.61. The summed E-state index contributed by atoms with van der Waals surface area (Å²) in [5.41, 5.74) is 0. The van der Waals surface area contributed by atoms with Gasteiger partial charge in [-0.1, -0.05) is 38.5 Å². The highest BCUT2D eigenvalue weighted by Crippen LogP contribution is 2.26. The summed E-state index contributed by atoms with van der Waals surface area (Å²) < 4.78 is 5.91. The lowest BCUT2D eigenvalue weighted by Gasteiger charge is -2.11. The molecule has 20 heavy (non-hydrogen) atoms. The van der Waals surface area contributed by atoms with Gasteiger partial charge in [0.25, 0.3) is 0 Å². The Morgan fingerprint density at radius 3 is 2.65 bits per heavy atom. The number of aromatic nitrogens is 1. The van der Waals surface area contributed by atoms with Gasteiger partial charge in [0.2, 0.25) is 0 Å². The smallest absolute Gasteiger partial charge is 0.194 e. The molecular formula is C17H28N2O. The van der Waals surface area contributed by atoms with Gasteiger partial charge in [-0.05, 0) is 31.7 Å². The van der Waals surface area contributed by atoms with Crippen LogP contribution in [0.15, 0.2) is 10.6 Å². The Bertz CT molecular complexity index is 389. The highest BCUT2D eigenvalue weighted by Gasteiger charge is 2.19. The van der Waals surface area contributed by atoms with Crippen LogP contribution in [-0.2, 0) is 12.8 Å². The SMILES string of the molecule is c1nc(CCCNC2CC2)oc1CC1CCCCCC1. The summed E-state index contributed by atoms with van der Waals surface area (Å²) in [5.74, 6) is 2.88. The molecule has 3 heteroatoms. The zero-order chi connectivity index (χ0) is 13.6. The molecule has 0 radical (unpaired) electrons. The summed E-state index contributed by atoms with van der Waals surface area (Å²) in [6, 6.07) is 0.811. The molecule has 0 spiro atoms. The average Bonchev–Trinajstić information content (AvgIpc) is 3.22. The van der Waals surface area contributed by atoms with Gasteiger partial charge in [0.1, 0.15) is 5.76 Å². The van der Waals surface area contributed by atoms with Crippen molar-refractivity contribution in [1.29, 1.82) is 0 Å². The standard InChI is InChI=1S/C17H28N2O/c1-2-4-7-14(6-3-1)12-16-13-19-17(20-16)8-5-11-18-15-9-10-15/h13-15,18H,1-12H2. The number of aryl methyl sites for hydroxylation is 1. The maximum Gasteiger partial charge on any atom is 0.194 e. The van der Waals surface area contributed by atoms with Crippen LogP contribution in [0.3, 0.4) is 0 Å². The monoisotopic (exact) mass is 276 g/mol. The fraction of sp³-hybridized carbons (Fsp3) is 0.824. The van der Waals surface area contributed by atoms with E-state index in [0.717, 1.165) is 49.4 Å². The van der Waals surface area contributed by atoms with Gasteiger partial charge in [-0.25, -0.2) is 4.98 Å². The van der Waals surface area contributed by atoms with Crippen LogP contribution in [0.4, 0.5) is 0 Å². The lowest BCUT2D eigenvalue weighted by Crippen LogP contribution is -2.17. The quantitative estimate of drug-likeness (QED) is 0.607. The van der Waals surface area contributed by atoms with Crippen molar-refractivity contribution in [3.63, 3.8) is 0 Å². The van der Waals surface area contributed by atoms with E-state index >= 15 is 0 Å². The van der Waals surface area contributed by atoms with Crippen molar-refractivity contribution in [1.82, 2.24) is 10.3 Å². The molecule has 0 aromatic carbocycles. The summed E-state index contributed by atoms with van der Waals surface area (Å²) in [5, 5.41) is 3.54. The Morgan fingerprint density at radius 2 is 1.90 bits per heavy atom. The molecule has 2 aliphatic carbocycles. The average molecular weight is 276 g/mol. The van der Waals surface area contributed by atoms with E-state index in [2.05, 4.69) is 10.3 Å². The Kier molecular flexibility index (Phi) is 5.12. The van der Waals surface area contributed by atoms with Crippen molar-refractivity contribution in [2.45, 2.75) is 76.7 Å². The summed E-state index contributed by atoms with van der Waals surface area (Å²) in [4.78, 5) is 4.44. The molecule has 3 nitrogen and oxygen atoms in total. The molecular weight excluding hydrogens is 248 g/mol. The summed E-state index contributed by atoms with van der Waals surface area (Å²) in [6.07, 6.45) is 16.3. The van der Waals surface area contributed by atoms with Gasteiger partial charge in [-0.2, -0.15) is 0 Å². The van der Waals surface area contributed by atoms with Crippen LogP contribution in [0.1, 0.15) is 69.4 Å². The fourth-order valence-electron chi connectivity index (χ4n) is 3.24. The van der Waals surface area contributed by atoms with Crippen molar-refractivity contribution in [3.8, 4) is 0 Å². The zero-order valence-electron chi connectivity index (χ0n) is 12.6. The molecule has 0 aliphatic heterocycles. The lowest BCUT2D eigenvalue weighted by molar-refractivity contribution is 0.384. The van der Waals surface area contributed by atoms with Crippen molar-refractivity contribution < 1.29 is 4.42 Å². The highest BCUT2D eigenvalue weighted by atomic mass is 16.4. The number of nitrogens with one attached hydrogen (secondary N) is 1. The molecule has 1 heterocycles. The molecule has 1 aromatic heterocycles. The van der Waals surface area contributed by atoms with Gasteiger partial charge in [-0.3, -0.25) is 0 Å². The van der Waals surface area contributed by atoms with Crippen LogP contribution < -0.4 is 5.32 Å². The zero-order valence-corrected chi connectivity index (χ0v) is 12.6. The van der Waals surface area contributed by atoms with E-state index < -0.39 is 0 Å². The first-order valence-corrected chi connectivity index (χ1v) is 8.57. The van der Waals surface area contributed by atoms with E-state index in [1.807, 2.05) is 6.20 Å². The van der Waals surface area contributed by atoms with Crippen LogP contribution >= 0.6 is 0 Å². The third-order valence-corrected chi connectivity index (χ3v) is 4.64. The van der Waals surface area contributed by atoms with E-state index in [4.69, 9.17) is 4.42 Å². The van der Waals surface area contributed by atoms with E-state index in [-0.39, 0.29) is 0 Å². The number of hydrogen-bond donors (Lipinski definition) is 1. The van der Waals surface area contributed by atoms with Crippen molar-refractivity contribution in [2.24, 2.45) is 5.92 Å². The van der Waals surface area contributed by atoms with Gasteiger partial charge in [-0.15, -0.1) is 0 Å². The molecule has 2 aliphatic rings. The number of oxazole rings is 1. The molecule has 3 rings (SSSR count). The maximum absolute atomic E-state index is 5.91. The molecule has 0 saturated heterocycles. The topological polar surface area (TPSA) is 38.1 Å². The highest BCUT2D eigenvalue weighted by molar-refractivity contribution is 4.96. The largest absolute Gasteiger partial charge is 0.446 e. The predicted octanol–water partition coefficient (Wildman–Crippen LogP) is 3.87. The van der Waals surface area contributed by atoms with E-state index in [1.54, 1.807) is 0 Å². The maximum atomic E-state index is 5.91. The Morgan fingerprint density at radius 1 is 1.10 bits per heavy atom. The van der Waals surface area contributed by atoms with E-state index in [1.165, 1.54) is 51.4 Å². The van der Waals surface area contributed by atoms with Crippen LogP contribution in [0.2, 0.25) is 0 Å². The molecule has 1 N–H and O–H groups in total. The Hall–Kier alpha value is -0.830. The van der Waals surface area contributed by atoms with Crippen LogP contribution in [-0.4, -0.2) is 17.6 Å². The van der Waals surface area contributed by atoms with E-state index in [0.29, 0.717) is 0 Å². The van der Waals surface area contributed by atoms with Crippen LogP contribution in [0.25, 0.3) is 0 Å². The first-order valence-electron chi connectivity index (χ1n) is 8.57. The van der Waals surface area contributed by atoms with Gasteiger partial charge in [0, 0.05) is 18.9 Å². The van der Waals surface area contributed by atoms with Crippen molar-refractivity contribution in [2.75, 3.05) is 6.54 Å². The molecule has 0 atom stereocenters. The molecule has 0 bridgehead atoms. The number of nitrogens with zero attached hydrogens (tertiary/aromatic N) is 1. The second-order valence-electron chi connectivity index (χ2n) is 6.61. The third kappa shape index (κ3) is 4.62. The molecule has 1 aromatic rings. The second kappa shape index (κ2) is 7.26. The van der Waals surface area contributed by atoms with Gasteiger partial charge in [0.05, 0.1) is 6.20 Å². The Labute approximate surface area is 122 Å². The van der Waals surface area contributed by atoms with Gasteiger partial charge >= 0.3 is 0 Å². The Balaban J connectivity index is 1.38. The van der Waals surface area contributed by atoms with E-state index in [9.17, 15) is 0 Å². The number of rotatable bonds is 7. The minimum absolute atomic E-state index is 0.811. The normalized spacial score (nSPS) is 21.0. The third-order valence-electron chi connectivity index (χ3n) is 4.64. The lowest BCUT2D eigenvalue weighted by atomic mass is 9.96. The molecule has 0 amide bonds. The predicted molar refractivity (Wildman–Crippen MR) is 80.7 cm³/mol. The minimum atomic E-state index is 0.811. The van der Waals surface area contributed by atoms with Gasteiger partial charge in [0.15, 0.2) is 5.89 Å². The van der Waals surface area contributed by atoms with Crippen LogP contribution in [0.5, 0.6) is 0 Å². The molecule has 0 unspecified atom stereocenters. The summed E-state index contributed by atoms with van der Waals surface area (Å²) in [6.45, 7) is 1.10.